The van der Waals surface area contributed by atoms with Crippen molar-refractivity contribution in [3.05, 3.63) is 87.9 Å². The SMILES string of the molecule is CC(Sc1ccc(NC(=O)c2ccccc2C(=O)O)cc1)C(=O)Nc1cc(Cl)cc(Cl)c1. The van der Waals surface area contributed by atoms with E-state index in [1.807, 2.05) is 0 Å². The Balaban J connectivity index is 1.61. The molecule has 32 heavy (non-hydrogen) atoms. The number of carboxylic acids is 1. The number of hydrogen-bond acceptors (Lipinski definition) is 4. The van der Waals surface area contributed by atoms with Crippen LogP contribution in [0, 0.1) is 0 Å². The van der Waals surface area contributed by atoms with Crippen LogP contribution in [0.25, 0.3) is 0 Å². The van der Waals surface area contributed by atoms with Crippen molar-refractivity contribution >= 4 is 64.1 Å². The molecular formula is C23H18Cl2N2O4S. The van der Waals surface area contributed by atoms with Crippen LogP contribution in [0.4, 0.5) is 11.4 Å². The first kappa shape index (κ1) is 23.7. The molecule has 9 heteroatoms. The molecule has 3 rings (SSSR count). The van der Waals surface area contributed by atoms with Crippen molar-refractivity contribution in [2.75, 3.05) is 10.6 Å². The minimum Gasteiger partial charge on any atom is -0.478 e. The van der Waals surface area contributed by atoms with Crippen molar-refractivity contribution in [2.45, 2.75) is 17.1 Å². The molecule has 2 amide bonds. The molecule has 0 saturated heterocycles. The van der Waals surface area contributed by atoms with Gasteiger partial charge in [-0.05, 0) is 61.5 Å². The van der Waals surface area contributed by atoms with Gasteiger partial charge < -0.3 is 15.7 Å². The topological polar surface area (TPSA) is 95.5 Å². The predicted octanol–water partition coefficient (Wildman–Crippen LogP) is 6.06. The van der Waals surface area contributed by atoms with E-state index >= 15 is 0 Å². The smallest absolute Gasteiger partial charge is 0.336 e. The summed E-state index contributed by atoms with van der Waals surface area (Å²) in [4.78, 5) is 37.1. The number of carbonyl (C=O) groups is 3. The Kier molecular flexibility index (Phi) is 7.80. The van der Waals surface area contributed by atoms with Gasteiger partial charge in [0.1, 0.15) is 0 Å². The minimum absolute atomic E-state index is 0.0713. The van der Waals surface area contributed by atoms with E-state index < -0.39 is 17.1 Å². The maximum absolute atomic E-state index is 12.5. The first-order chi connectivity index (χ1) is 15.2. The second-order valence-electron chi connectivity index (χ2n) is 6.74. The van der Waals surface area contributed by atoms with Crippen molar-refractivity contribution in [2.24, 2.45) is 0 Å². The van der Waals surface area contributed by atoms with Crippen molar-refractivity contribution in [1.82, 2.24) is 0 Å². The number of carboxylic acid groups (broad SMARTS) is 1. The molecule has 0 fully saturated rings. The standard InChI is InChI=1S/C23H18Cl2N2O4S/c1-13(21(28)27-17-11-14(24)10-15(25)12-17)32-18-8-6-16(7-9-18)26-22(29)19-4-2-3-5-20(19)23(30)31/h2-13H,1H3,(H,26,29)(H,27,28)(H,30,31). The lowest BCUT2D eigenvalue weighted by Gasteiger charge is -2.13. The Bertz CT molecular complexity index is 1150. The summed E-state index contributed by atoms with van der Waals surface area (Å²) < 4.78 is 0. The van der Waals surface area contributed by atoms with Gasteiger partial charge in [-0.15, -0.1) is 11.8 Å². The fourth-order valence-corrected chi connectivity index (χ4v) is 4.20. The zero-order valence-electron chi connectivity index (χ0n) is 16.8. The van der Waals surface area contributed by atoms with Gasteiger partial charge in [-0.3, -0.25) is 9.59 Å². The molecule has 0 heterocycles. The number of nitrogens with one attached hydrogen (secondary N) is 2. The second kappa shape index (κ2) is 10.5. The van der Waals surface area contributed by atoms with Crippen molar-refractivity contribution in [3.63, 3.8) is 0 Å². The zero-order valence-corrected chi connectivity index (χ0v) is 19.1. The van der Waals surface area contributed by atoms with Crippen LogP contribution >= 0.6 is 35.0 Å². The normalized spacial score (nSPS) is 11.5. The molecule has 0 radical (unpaired) electrons. The minimum atomic E-state index is -1.17. The molecule has 1 unspecified atom stereocenters. The molecule has 3 aromatic rings. The molecule has 3 N–H and O–H groups in total. The number of thioether (sulfide) groups is 1. The van der Waals surface area contributed by atoms with Crippen LogP contribution in [0.15, 0.2) is 71.6 Å². The molecular weight excluding hydrogens is 471 g/mol. The third-order valence-corrected chi connectivity index (χ3v) is 5.87. The molecule has 0 aromatic heterocycles. The predicted molar refractivity (Wildman–Crippen MR) is 128 cm³/mol. The van der Waals surface area contributed by atoms with E-state index in [-0.39, 0.29) is 17.0 Å². The molecule has 6 nitrogen and oxygen atoms in total. The van der Waals surface area contributed by atoms with Gasteiger partial charge in [0.05, 0.1) is 16.4 Å². The first-order valence-electron chi connectivity index (χ1n) is 9.40. The van der Waals surface area contributed by atoms with Crippen molar-refractivity contribution in [1.29, 1.82) is 0 Å². The van der Waals surface area contributed by atoms with E-state index in [2.05, 4.69) is 10.6 Å². The third kappa shape index (κ3) is 6.26. The summed E-state index contributed by atoms with van der Waals surface area (Å²) >= 11 is 13.3. The van der Waals surface area contributed by atoms with Crippen molar-refractivity contribution in [3.8, 4) is 0 Å². The van der Waals surface area contributed by atoms with Gasteiger partial charge in [0, 0.05) is 26.3 Å². The highest BCUT2D eigenvalue weighted by Crippen LogP contribution is 2.27. The van der Waals surface area contributed by atoms with E-state index in [9.17, 15) is 19.5 Å². The number of aromatic carboxylic acids is 1. The van der Waals surface area contributed by atoms with Gasteiger partial charge in [0.25, 0.3) is 5.91 Å². The molecule has 0 spiro atoms. The molecule has 3 aromatic carbocycles. The number of anilines is 2. The Labute approximate surface area is 198 Å². The first-order valence-corrected chi connectivity index (χ1v) is 11.0. The zero-order chi connectivity index (χ0) is 23.3. The van der Waals surface area contributed by atoms with Crippen LogP contribution in [-0.4, -0.2) is 28.1 Å². The Morgan fingerprint density at radius 3 is 2.03 bits per heavy atom. The van der Waals surface area contributed by atoms with Gasteiger partial charge in [-0.25, -0.2) is 4.79 Å². The Hall–Kier alpha value is -3.00. The highest BCUT2D eigenvalue weighted by Gasteiger charge is 2.17. The summed E-state index contributed by atoms with van der Waals surface area (Å²) in [6.07, 6.45) is 0. The lowest BCUT2D eigenvalue weighted by atomic mass is 10.1. The molecule has 0 bridgehead atoms. The van der Waals surface area contributed by atoms with Gasteiger partial charge >= 0.3 is 5.97 Å². The molecule has 164 valence electrons. The van der Waals surface area contributed by atoms with Crippen LogP contribution in [0.1, 0.15) is 27.6 Å². The third-order valence-electron chi connectivity index (χ3n) is 4.33. The van der Waals surface area contributed by atoms with Crippen LogP contribution < -0.4 is 10.6 Å². The van der Waals surface area contributed by atoms with Gasteiger partial charge in [0.15, 0.2) is 0 Å². The van der Waals surface area contributed by atoms with Crippen molar-refractivity contribution < 1.29 is 19.5 Å². The van der Waals surface area contributed by atoms with Gasteiger partial charge in [0.2, 0.25) is 5.91 Å². The fourth-order valence-electron chi connectivity index (χ4n) is 2.81. The summed E-state index contributed by atoms with van der Waals surface area (Å²) in [5.74, 6) is -1.90. The van der Waals surface area contributed by atoms with E-state index in [1.54, 1.807) is 61.5 Å². The van der Waals surface area contributed by atoms with Crippen LogP contribution in [0.5, 0.6) is 0 Å². The van der Waals surface area contributed by atoms with Gasteiger partial charge in [-0.2, -0.15) is 0 Å². The monoisotopic (exact) mass is 488 g/mol. The molecule has 0 aliphatic heterocycles. The summed E-state index contributed by atoms with van der Waals surface area (Å²) in [5, 5.41) is 15.1. The summed E-state index contributed by atoms with van der Waals surface area (Å²) in [7, 11) is 0. The summed E-state index contributed by atoms with van der Waals surface area (Å²) in [6.45, 7) is 1.77. The maximum atomic E-state index is 12.5. The van der Waals surface area contributed by atoms with E-state index in [4.69, 9.17) is 23.2 Å². The van der Waals surface area contributed by atoms with Gasteiger partial charge in [-0.1, -0.05) is 35.3 Å². The average Bonchev–Trinajstić information content (AvgIpc) is 2.74. The highest BCUT2D eigenvalue weighted by atomic mass is 35.5. The van der Waals surface area contributed by atoms with Crippen LogP contribution in [0.2, 0.25) is 10.0 Å². The maximum Gasteiger partial charge on any atom is 0.336 e. The number of halogens is 2. The number of rotatable bonds is 7. The second-order valence-corrected chi connectivity index (χ2v) is 9.02. The summed E-state index contributed by atoms with van der Waals surface area (Å²) in [6, 6.07) is 17.7. The molecule has 0 saturated carbocycles. The van der Waals surface area contributed by atoms with E-state index in [0.717, 1.165) is 4.90 Å². The number of amides is 2. The highest BCUT2D eigenvalue weighted by molar-refractivity contribution is 8.00. The molecule has 0 aliphatic rings. The summed E-state index contributed by atoms with van der Waals surface area (Å²) in [5.41, 5.74) is 1.02. The number of hydrogen-bond donors (Lipinski definition) is 3. The van der Waals surface area contributed by atoms with Crippen LogP contribution in [-0.2, 0) is 4.79 Å². The average molecular weight is 489 g/mol. The molecule has 0 aliphatic carbocycles. The lowest BCUT2D eigenvalue weighted by Crippen LogP contribution is -2.22. The quantitative estimate of drug-likeness (QED) is 0.351. The lowest BCUT2D eigenvalue weighted by molar-refractivity contribution is -0.115. The van der Waals surface area contributed by atoms with E-state index in [0.29, 0.717) is 21.4 Å². The molecule has 1 atom stereocenters. The van der Waals surface area contributed by atoms with Crippen LogP contribution in [0.3, 0.4) is 0 Å². The Morgan fingerprint density at radius 2 is 1.44 bits per heavy atom. The number of carbonyl (C=O) groups excluding carboxylic acids is 2. The largest absolute Gasteiger partial charge is 0.478 e. The van der Waals surface area contributed by atoms with E-state index in [1.165, 1.54) is 23.9 Å². The Morgan fingerprint density at radius 1 is 0.844 bits per heavy atom. The number of benzene rings is 3. The fraction of sp³-hybridized carbons (Fsp3) is 0.0870.